The van der Waals surface area contributed by atoms with Crippen molar-refractivity contribution in [2.45, 2.75) is 0 Å². The summed E-state index contributed by atoms with van der Waals surface area (Å²) in [5, 5.41) is 44.4. The van der Waals surface area contributed by atoms with Crippen molar-refractivity contribution in [3.63, 3.8) is 0 Å². The molecule has 0 saturated heterocycles. The number of aromatic hydroxyl groups is 4. The van der Waals surface area contributed by atoms with E-state index in [4.69, 9.17) is 0 Å². The van der Waals surface area contributed by atoms with E-state index in [1.807, 2.05) is 72.8 Å². The third-order valence-electron chi connectivity index (χ3n) is 7.75. The highest BCUT2D eigenvalue weighted by atomic mass is 16.3. The number of benzene rings is 7. The van der Waals surface area contributed by atoms with Gasteiger partial charge in [-0.2, -0.15) is 0 Å². The van der Waals surface area contributed by atoms with Crippen LogP contribution in [-0.2, 0) is 0 Å². The molecule has 6 nitrogen and oxygen atoms in total. The molecule has 0 fully saturated rings. The Hall–Kier alpha value is -6.14. The topological polar surface area (TPSA) is 87.4 Å². The molecule has 4 N–H and O–H groups in total. The monoisotopic (exact) mass is 576 g/mol. The summed E-state index contributed by atoms with van der Waals surface area (Å²) in [6, 6.07) is 44.8. The van der Waals surface area contributed by atoms with Crippen molar-refractivity contribution in [2.75, 3.05) is 9.80 Å². The molecule has 7 aromatic carbocycles. The van der Waals surface area contributed by atoms with E-state index in [0.717, 1.165) is 55.7 Å². The summed E-state index contributed by atoms with van der Waals surface area (Å²) in [6.45, 7) is 0. The lowest BCUT2D eigenvalue weighted by Crippen LogP contribution is -2.14. The molecule has 0 amide bonds. The fourth-order valence-corrected chi connectivity index (χ4v) is 5.79. The van der Waals surface area contributed by atoms with Crippen LogP contribution in [0, 0.1) is 0 Å². The minimum Gasteiger partial charge on any atom is -0.508 e. The summed E-state index contributed by atoms with van der Waals surface area (Å²) >= 11 is 0. The Morgan fingerprint density at radius 1 is 0.273 bits per heavy atom. The van der Waals surface area contributed by atoms with Crippen LogP contribution in [0.15, 0.2) is 146 Å². The number of hydrogen-bond acceptors (Lipinski definition) is 6. The highest BCUT2D eigenvalue weighted by Crippen LogP contribution is 2.51. The molecule has 0 aliphatic rings. The van der Waals surface area contributed by atoms with Gasteiger partial charge in [0.05, 0.1) is 11.4 Å². The fraction of sp³-hybridized carbons (Fsp3) is 0. The third-order valence-corrected chi connectivity index (χ3v) is 7.75. The van der Waals surface area contributed by atoms with Crippen LogP contribution in [0.3, 0.4) is 0 Å². The largest absolute Gasteiger partial charge is 0.508 e. The molecule has 0 heterocycles. The van der Waals surface area contributed by atoms with E-state index in [2.05, 4.69) is 34.1 Å². The Morgan fingerprint density at radius 2 is 0.477 bits per heavy atom. The zero-order chi connectivity index (χ0) is 30.2. The number of fused-ring (bicyclic) bond motifs is 2. The number of nitrogens with zero attached hydrogens (tertiary/aromatic N) is 2. The molecule has 214 valence electrons. The standard InChI is InChI=1S/C38H28N2O4/c41-29-17-9-25(10-18-29)39(26-11-19-30(42)20-12-26)37-33-5-1-2-6-34(33)38(36-8-4-3-7-35(36)37)40(27-13-21-31(43)22-14-27)28-15-23-32(44)24-16-28/h1-24,41-44H. The van der Waals surface area contributed by atoms with Gasteiger partial charge in [-0.05, 0) is 97.1 Å². The Bertz CT molecular complexity index is 1790. The molecule has 0 atom stereocenters. The number of phenolic OH excluding ortho intramolecular Hbond substituents is 4. The third kappa shape index (κ3) is 4.74. The van der Waals surface area contributed by atoms with Crippen molar-refractivity contribution < 1.29 is 20.4 Å². The van der Waals surface area contributed by atoms with Gasteiger partial charge in [0.2, 0.25) is 0 Å². The number of phenols is 4. The molecule has 0 aliphatic carbocycles. The van der Waals surface area contributed by atoms with Crippen LogP contribution in [0.4, 0.5) is 34.1 Å². The summed E-state index contributed by atoms with van der Waals surface area (Å²) in [4.78, 5) is 4.28. The van der Waals surface area contributed by atoms with Gasteiger partial charge >= 0.3 is 0 Å². The van der Waals surface area contributed by atoms with Gasteiger partial charge in [-0.25, -0.2) is 0 Å². The van der Waals surface area contributed by atoms with E-state index in [1.165, 1.54) is 0 Å². The average molecular weight is 577 g/mol. The van der Waals surface area contributed by atoms with Crippen LogP contribution in [0.25, 0.3) is 21.5 Å². The molecule has 0 radical (unpaired) electrons. The SMILES string of the molecule is Oc1ccc(N(c2ccc(O)cc2)c2c3ccccc3c(N(c3ccc(O)cc3)c3ccc(O)cc3)c3ccccc23)cc1. The van der Waals surface area contributed by atoms with Gasteiger partial charge < -0.3 is 30.2 Å². The minimum absolute atomic E-state index is 0.169. The lowest BCUT2D eigenvalue weighted by atomic mass is 9.95. The second-order valence-corrected chi connectivity index (χ2v) is 10.5. The van der Waals surface area contributed by atoms with Gasteiger partial charge in [0.1, 0.15) is 23.0 Å². The lowest BCUT2D eigenvalue weighted by Gasteiger charge is -2.32. The van der Waals surface area contributed by atoms with Crippen molar-refractivity contribution in [3.8, 4) is 23.0 Å². The summed E-state index contributed by atoms with van der Waals surface area (Å²) in [7, 11) is 0. The van der Waals surface area contributed by atoms with Crippen LogP contribution in [-0.4, -0.2) is 20.4 Å². The van der Waals surface area contributed by atoms with Gasteiger partial charge in [-0.3, -0.25) is 0 Å². The predicted octanol–water partition coefficient (Wildman–Crippen LogP) is 9.75. The van der Waals surface area contributed by atoms with Gasteiger partial charge in [-0.15, -0.1) is 0 Å². The van der Waals surface area contributed by atoms with Crippen LogP contribution < -0.4 is 9.80 Å². The first kappa shape index (κ1) is 26.7. The Labute approximate surface area is 254 Å². The molecule has 44 heavy (non-hydrogen) atoms. The maximum absolute atomic E-state index is 10.1. The van der Waals surface area contributed by atoms with Crippen LogP contribution in [0.5, 0.6) is 23.0 Å². The summed E-state index contributed by atoms with van der Waals surface area (Å²) in [5.41, 5.74) is 5.23. The van der Waals surface area contributed by atoms with Gasteiger partial charge in [-0.1, -0.05) is 48.5 Å². The minimum atomic E-state index is 0.169. The van der Waals surface area contributed by atoms with E-state index >= 15 is 0 Å². The highest BCUT2D eigenvalue weighted by molar-refractivity contribution is 6.23. The quantitative estimate of drug-likeness (QED) is 0.116. The second-order valence-electron chi connectivity index (χ2n) is 10.5. The van der Waals surface area contributed by atoms with Crippen LogP contribution >= 0.6 is 0 Å². The normalized spacial score (nSPS) is 11.1. The molecule has 7 aromatic rings. The van der Waals surface area contributed by atoms with Crippen molar-refractivity contribution in [1.29, 1.82) is 0 Å². The first-order valence-electron chi connectivity index (χ1n) is 14.2. The Balaban J connectivity index is 1.60. The average Bonchev–Trinajstić information content (AvgIpc) is 3.05. The van der Waals surface area contributed by atoms with Crippen LogP contribution in [0.1, 0.15) is 0 Å². The van der Waals surface area contributed by atoms with E-state index in [9.17, 15) is 20.4 Å². The molecule has 6 heteroatoms. The molecule has 0 saturated carbocycles. The van der Waals surface area contributed by atoms with E-state index in [1.54, 1.807) is 48.5 Å². The Kier molecular flexibility index (Phi) is 6.64. The van der Waals surface area contributed by atoms with Crippen molar-refractivity contribution in [3.05, 3.63) is 146 Å². The maximum atomic E-state index is 10.1. The Morgan fingerprint density at radius 3 is 0.682 bits per heavy atom. The molecule has 0 unspecified atom stereocenters. The van der Waals surface area contributed by atoms with Crippen LogP contribution in [0.2, 0.25) is 0 Å². The van der Waals surface area contributed by atoms with Gasteiger partial charge in [0.15, 0.2) is 0 Å². The maximum Gasteiger partial charge on any atom is 0.115 e. The molecule has 0 aromatic heterocycles. The lowest BCUT2D eigenvalue weighted by molar-refractivity contribution is 0.474. The van der Waals surface area contributed by atoms with Gasteiger partial charge in [0, 0.05) is 44.3 Å². The summed E-state index contributed by atoms with van der Waals surface area (Å²) in [5.74, 6) is 0.677. The zero-order valence-electron chi connectivity index (χ0n) is 23.5. The van der Waals surface area contributed by atoms with Crippen molar-refractivity contribution in [1.82, 2.24) is 0 Å². The van der Waals surface area contributed by atoms with E-state index in [-0.39, 0.29) is 23.0 Å². The molecule has 0 spiro atoms. The smallest absolute Gasteiger partial charge is 0.115 e. The number of hydrogen-bond donors (Lipinski definition) is 4. The highest BCUT2D eigenvalue weighted by Gasteiger charge is 2.25. The molecule has 0 bridgehead atoms. The molecular weight excluding hydrogens is 548 g/mol. The van der Waals surface area contributed by atoms with E-state index in [0.29, 0.717) is 0 Å². The first-order chi connectivity index (χ1) is 21.5. The van der Waals surface area contributed by atoms with Crippen molar-refractivity contribution >= 4 is 55.7 Å². The first-order valence-corrected chi connectivity index (χ1v) is 14.2. The molecule has 7 rings (SSSR count). The molecule has 0 aliphatic heterocycles. The predicted molar refractivity (Wildman–Crippen MR) is 177 cm³/mol. The molecular formula is C38H28N2O4. The van der Waals surface area contributed by atoms with E-state index < -0.39 is 0 Å². The summed E-state index contributed by atoms with van der Waals surface area (Å²) < 4.78 is 0. The second kappa shape index (κ2) is 10.9. The number of anilines is 6. The van der Waals surface area contributed by atoms with Gasteiger partial charge in [0.25, 0.3) is 0 Å². The van der Waals surface area contributed by atoms with Crippen molar-refractivity contribution in [2.24, 2.45) is 0 Å². The summed E-state index contributed by atoms with van der Waals surface area (Å²) in [6.07, 6.45) is 0. The fourth-order valence-electron chi connectivity index (χ4n) is 5.79. The number of rotatable bonds is 6. The zero-order valence-corrected chi connectivity index (χ0v) is 23.5.